The number of esters is 2. The number of methoxy groups -OCH3 is 2. The first-order chi connectivity index (χ1) is 14.1. The number of aromatic nitrogens is 2. The van der Waals surface area contributed by atoms with E-state index in [-0.39, 0.29) is 22.7 Å². The molecular formula is C19H18F3N3O5. The first-order valence-electron chi connectivity index (χ1n) is 8.89. The fraction of sp³-hybridized carbons (Fsp3) is 0.368. The third-order valence-electron chi connectivity index (χ3n) is 4.45. The summed E-state index contributed by atoms with van der Waals surface area (Å²) in [5.41, 5.74) is -0.644. The van der Waals surface area contributed by atoms with Crippen LogP contribution in [0.1, 0.15) is 50.9 Å². The molecule has 1 fully saturated rings. The van der Waals surface area contributed by atoms with E-state index >= 15 is 0 Å². The molecule has 3 rings (SSSR count). The average Bonchev–Trinajstić information content (AvgIpc) is 3.45. The maximum Gasteiger partial charge on any atom is 0.435 e. The summed E-state index contributed by atoms with van der Waals surface area (Å²) in [6.07, 6.45) is -3.15. The van der Waals surface area contributed by atoms with E-state index in [1.54, 1.807) is 0 Å². The molecule has 1 aromatic carbocycles. The highest BCUT2D eigenvalue weighted by Crippen LogP contribution is 2.42. The predicted octanol–water partition coefficient (Wildman–Crippen LogP) is 2.99. The zero-order chi connectivity index (χ0) is 22.1. The molecule has 0 atom stereocenters. The molecule has 160 valence electrons. The van der Waals surface area contributed by atoms with Crippen LogP contribution in [-0.2, 0) is 27.0 Å². The van der Waals surface area contributed by atoms with Crippen molar-refractivity contribution in [3.8, 4) is 0 Å². The molecule has 2 aromatic rings. The van der Waals surface area contributed by atoms with Crippen LogP contribution in [0.5, 0.6) is 0 Å². The number of hydrogen-bond donors (Lipinski definition) is 1. The monoisotopic (exact) mass is 425 g/mol. The fourth-order valence-electron chi connectivity index (χ4n) is 2.91. The Morgan fingerprint density at radius 1 is 1.07 bits per heavy atom. The standard InChI is InChI=1S/C19H18F3N3O5/c1-29-17(27)11-5-12(18(28)30-2)7-13(6-11)23-16(26)9-25-14(10-3-4-10)8-15(24-25)19(20,21)22/h5-8,10H,3-4,9H2,1-2H3,(H,23,26). The molecule has 1 saturated carbocycles. The minimum Gasteiger partial charge on any atom is -0.465 e. The van der Waals surface area contributed by atoms with Gasteiger partial charge in [-0.15, -0.1) is 0 Å². The van der Waals surface area contributed by atoms with Gasteiger partial charge in [0.2, 0.25) is 5.91 Å². The van der Waals surface area contributed by atoms with Crippen molar-refractivity contribution in [3.63, 3.8) is 0 Å². The minimum absolute atomic E-state index is 0.00665. The number of hydrogen-bond acceptors (Lipinski definition) is 6. The lowest BCUT2D eigenvalue weighted by Gasteiger charge is -2.11. The number of nitrogens with zero attached hydrogens (tertiary/aromatic N) is 2. The zero-order valence-corrected chi connectivity index (χ0v) is 16.1. The van der Waals surface area contributed by atoms with Gasteiger partial charge in [0.15, 0.2) is 5.69 Å². The van der Waals surface area contributed by atoms with Crippen LogP contribution in [0.2, 0.25) is 0 Å². The van der Waals surface area contributed by atoms with Gasteiger partial charge in [0, 0.05) is 17.3 Å². The lowest BCUT2D eigenvalue weighted by atomic mass is 10.1. The number of anilines is 1. The summed E-state index contributed by atoms with van der Waals surface area (Å²) in [6.45, 7) is -0.460. The summed E-state index contributed by atoms with van der Waals surface area (Å²) in [4.78, 5) is 36.1. The molecule has 0 saturated heterocycles. The number of alkyl halides is 3. The van der Waals surface area contributed by atoms with E-state index < -0.39 is 36.3 Å². The number of ether oxygens (including phenoxy) is 2. The van der Waals surface area contributed by atoms with Gasteiger partial charge in [0.25, 0.3) is 0 Å². The second kappa shape index (κ2) is 8.17. The molecule has 0 radical (unpaired) electrons. The SMILES string of the molecule is COC(=O)c1cc(NC(=O)Cn2nc(C(F)(F)F)cc2C2CC2)cc(C(=O)OC)c1. The molecule has 0 bridgehead atoms. The molecule has 1 N–H and O–H groups in total. The summed E-state index contributed by atoms with van der Waals surface area (Å²) in [5.74, 6) is -2.22. The molecule has 30 heavy (non-hydrogen) atoms. The zero-order valence-electron chi connectivity index (χ0n) is 16.1. The smallest absolute Gasteiger partial charge is 0.435 e. The summed E-state index contributed by atoms with van der Waals surface area (Å²) >= 11 is 0. The Hall–Kier alpha value is -3.37. The van der Waals surface area contributed by atoms with Crippen molar-refractivity contribution in [2.24, 2.45) is 0 Å². The van der Waals surface area contributed by atoms with Crippen molar-refractivity contribution in [3.05, 3.63) is 46.8 Å². The molecule has 1 amide bonds. The van der Waals surface area contributed by atoms with Crippen LogP contribution < -0.4 is 5.32 Å². The van der Waals surface area contributed by atoms with Gasteiger partial charge < -0.3 is 14.8 Å². The third-order valence-corrected chi connectivity index (χ3v) is 4.45. The van der Waals surface area contributed by atoms with E-state index in [4.69, 9.17) is 0 Å². The van der Waals surface area contributed by atoms with E-state index in [1.165, 1.54) is 18.2 Å². The maximum atomic E-state index is 13.0. The number of benzene rings is 1. The number of carbonyl (C=O) groups is 3. The van der Waals surface area contributed by atoms with E-state index in [0.717, 1.165) is 37.8 Å². The minimum atomic E-state index is -4.62. The van der Waals surface area contributed by atoms with Crippen LogP contribution in [0, 0.1) is 0 Å². The number of amides is 1. The Bertz CT molecular complexity index is 962. The van der Waals surface area contributed by atoms with E-state index in [1.807, 2.05) is 0 Å². The van der Waals surface area contributed by atoms with Crippen molar-refractivity contribution in [1.29, 1.82) is 0 Å². The Morgan fingerprint density at radius 3 is 2.10 bits per heavy atom. The van der Waals surface area contributed by atoms with Crippen LogP contribution in [0.25, 0.3) is 0 Å². The highest BCUT2D eigenvalue weighted by molar-refractivity contribution is 5.99. The van der Waals surface area contributed by atoms with E-state index in [9.17, 15) is 27.6 Å². The van der Waals surface area contributed by atoms with Gasteiger partial charge in [-0.1, -0.05) is 0 Å². The second-order valence-corrected chi connectivity index (χ2v) is 6.71. The van der Waals surface area contributed by atoms with Crippen LogP contribution in [0.4, 0.5) is 18.9 Å². The quantitative estimate of drug-likeness (QED) is 0.715. The van der Waals surface area contributed by atoms with Crippen molar-refractivity contribution in [2.45, 2.75) is 31.5 Å². The number of halogens is 3. The molecule has 8 nitrogen and oxygen atoms in total. The van der Waals surface area contributed by atoms with Gasteiger partial charge in [-0.05, 0) is 37.1 Å². The van der Waals surface area contributed by atoms with Crippen molar-refractivity contribution < 1.29 is 37.0 Å². The van der Waals surface area contributed by atoms with Crippen molar-refractivity contribution >= 4 is 23.5 Å². The number of carbonyl (C=O) groups excluding carboxylic acids is 3. The summed E-state index contributed by atoms with van der Waals surface area (Å²) in [7, 11) is 2.31. The van der Waals surface area contributed by atoms with Gasteiger partial charge >= 0.3 is 18.1 Å². The van der Waals surface area contributed by atoms with E-state index in [2.05, 4.69) is 19.9 Å². The molecule has 1 heterocycles. The number of rotatable bonds is 6. The average molecular weight is 425 g/mol. The second-order valence-electron chi connectivity index (χ2n) is 6.71. The number of nitrogens with one attached hydrogen (secondary N) is 1. The molecule has 1 aromatic heterocycles. The largest absolute Gasteiger partial charge is 0.465 e. The Kier molecular flexibility index (Phi) is 5.81. The van der Waals surface area contributed by atoms with Crippen LogP contribution >= 0.6 is 0 Å². The summed E-state index contributed by atoms with van der Waals surface area (Å²) < 4.78 is 49.2. The van der Waals surface area contributed by atoms with Crippen LogP contribution in [-0.4, -0.2) is 41.8 Å². The fourth-order valence-corrected chi connectivity index (χ4v) is 2.91. The maximum absolute atomic E-state index is 13.0. The van der Waals surface area contributed by atoms with Gasteiger partial charge in [0.1, 0.15) is 6.54 Å². The van der Waals surface area contributed by atoms with Gasteiger partial charge in [0.05, 0.1) is 25.3 Å². The highest BCUT2D eigenvalue weighted by atomic mass is 19.4. The van der Waals surface area contributed by atoms with Gasteiger partial charge in [-0.2, -0.15) is 18.3 Å². The highest BCUT2D eigenvalue weighted by Gasteiger charge is 2.38. The molecule has 0 spiro atoms. The first-order valence-corrected chi connectivity index (χ1v) is 8.89. The lowest BCUT2D eigenvalue weighted by Crippen LogP contribution is -2.22. The Balaban J connectivity index is 1.83. The Morgan fingerprint density at radius 2 is 1.63 bits per heavy atom. The predicted molar refractivity (Wildman–Crippen MR) is 97.0 cm³/mol. The molecule has 0 unspecified atom stereocenters. The molecule has 11 heteroatoms. The lowest BCUT2D eigenvalue weighted by molar-refractivity contribution is -0.141. The molecule has 1 aliphatic rings. The molecular weight excluding hydrogens is 407 g/mol. The summed E-state index contributed by atoms with van der Waals surface area (Å²) in [5, 5.41) is 5.99. The van der Waals surface area contributed by atoms with Crippen LogP contribution in [0.3, 0.4) is 0 Å². The van der Waals surface area contributed by atoms with Crippen LogP contribution in [0.15, 0.2) is 24.3 Å². The van der Waals surface area contributed by atoms with Gasteiger partial charge in [-0.25, -0.2) is 9.59 Å². The molecule has 0 aliphatic heterocycles. The van der Waals surface area contributed by atoms with Crippen molar-refractivity contribution in [1.82, 2.24) is 9.78 Å². The van der Waals surface area contributed by atoms with Gasteiger partial charge in [-0.3, -0.25) is 9.48 Å². The normalized spacial score (nSPS) is 13.6. The van der Waals surface area contributed by atoms with Crippen molar-refractivity contribution in [2.75, 3.05) is 19.5 Å². The molecule has 1 aliphatic carbocycles. The Labute approximate surface area is 168 Å². The third kappa shape index (κ3) is 4.78. The summed E-state index contributed by atoms with van der Waals surface area (Å²) in [6, 6.07) is 4.75. The van der Waals surface area contributed by atoms with E-state index in [0.29, 0.717) is 5.69 Å². The first kappa shape index (κ1) is 21.3. The topological polar surface area (TPSA) is 99.5 Å².